The molecule has 10 atom stereocenters. The molecule has 1 heterocycles. The van der Waals surface area contributed by atoms with Crippen molar-refractivity contribution >= 4 is 17.6 Å². The lowest BCUT2D eigenvalue weighted by molar-refractivity contribution is -0.254. The molecule has 4 heteroatoms. The second-order valence-electron chi connectivity index (χ2n) is 16.2. The second-order valence-corrected chi connectivity index (χ2v) is 16.5. The molecule has 6 rings (SSSR count). The average Bonchev–Trinajstić information content (AvgIpc) is 3.15. The maximum absolute atomic E-state index is 12.1. The Hall–Kier alpha value is -0.280. The van der Waals surface area contributed by atoms with Crippen LogP contribution in [-0.2, 0) is 14.3 Å². The van der Waals surface area contributed by atoms with Gasteiger partial charge in [0.05, 0.1) is 12.7 Å². The maximum Gasteiger partial charge on any atom is 0.321 e. The highest BCUT2D eigenvalue weighted by Crippen LogP contribution is 2.78. The highest BCUT2D eigenvalue weighted by Gasteiger charge is 2.72. The van der Waals surface area contributed by atoms with E-state index < -0.39 is 0 Å². The van der Waals surface area contributed by atoms with Crippen molar-refractivity contribution in [3.63, 3.8) is 0 Å². The Labute approximate surface area is 225 Å². The summed E-state index contributed by atoms with van der Waals surface area (Å²) in [5.74, 6) is 2.60. The van der Waals surface area contributed by atoms with Gasteiger partial charge in [0.15, 0.2) is 0 Å². The Morgan fingerprint density at radius 3 is 2.28 bits per heavy atom. The molecule has 0 aromatic carbocycles. The molecule has 204 valence electrons. The molecule has 0 spiro atoms. The molecule has 0 aromatic heterocycles. The van der Waals surface area contributed by atoms with Crippen LogP contribution in [0, 0.1) is 56.2 Å². The van der Waals surface area contributed by atoms with Gasteiger partial charge in [0, 0.05) is 5.41 Å². The Morgan fingerprint density at radius 1 is 0.833 bits per heavy atom. The molecule has 36 heavy (non-hydrogen) atoms. The van der Waals surface area contributed by atoms with Crippen molar-refractivity contribution < 1.29 is 14.3 Å². The van der Waals surface area contributed by atoms with E-state index in [4.69, 9.17) is 21.1 Å². The minimum absolute atomic E-state index is 0.00916. The lowest BCUT2D eigenvalue weighted by Gasteiger charge is -2.73. The summed E-state index contributed by atoms with van der Waals surface area (Å²) in [7, 11) is 0. The minimum Gasteiger partial charge on any atom is -0.461 e. The first-order valence-corrected chi connectivity index (χ1v) is 15.7. The summed E-state index contributed by atoms with van der Waals surface area (Å²) >= 11 is 5.83. The first kappa shape index (κ1) is 26.0. The molecule has 0 radical (unpaired) electrons. The number of rotatable bonds is 2. The number of alkyl halides is 1. The molecule has 6 aliphatic rings. The number of fused-ring (bicyclic) bond motifs is 5. The van der Waals surface area contributed by atoms with E-state index in [0.29, 0.717) is 39.1 Å². The number of halogens is 1. The van der Waals surface area contributed by atoms with Crippen molar-refractivity contribution in [3.8, 4) is 0 Å². The number of esters is 1. The summed E-state index contributed by atoms with van der Waals surface area (Å²) in [5.41, 5.74) is 1.84. The second kappa shape index (κ2) is 7.89. The standard InChI is InChI=1S/C32H51ClO3/c1-27(2)14-16-32-17-15-30(6)20(25(32)26(27)35-19-32)8-9-22-29(5)12-11-23(36-24(34)18-33)28(3,4)21(29)10-13-31(22,30)7/h20-23,25-26H,8-19H2,1-7H3/t20-,21+,22-,23+,25+,26?,29+,30-,31-,32-/m1/s1. The van der Waals surface area contributed by atoms with Crippen LogP contribution < -0.4 is 0 Å². The fourth-order valence-electron chi connectivity index (χ4n) is 12.3. The molecule has 2 bridgehead atoms. The predicted molar refractivity (Wildman–Crippen MR) is 145 cm³/mol. The van der Waals surface area contributed by atoms with Crippen molar-refractivity contribution in [2.24, 2.45) is 56.2 Å². The predicted octanol–water partition coefficient (Wildman–Crippen LogP) is 8.03. The van der Waals surface area contributed by atoms with E-state index in [-0.39, 0.29) is 23.4 Å². The lowest BCUT2D eigenvalue weighted by Crippen LogP contribution is -2.68. The third-order valence-electron chi connectivity index (χ3n) is 14.5. The largest absolute Gasteiger partial charge is 0.461 e. The van der Waals surface area contributed by atoms with Gasteiger partial charge in [-0.2, -0.15) is 0 Å². The van der Waals surface area contributed by atoms with Gasteiger partial charge in [-0.25, -0.2) is 0 Å². The van der Waals surface area contributed by atoms with Crippen LogP contribution in [-0.4, -0.2) is 30.7 Å². The van der Waals surface area contributed by atoms with E-state index in [9.17, 15) is 4.79 Å². The molecule has 1 saturated heterocycles. The van der Waals surface area contributed by atoms with E-state index in [1.54, 1.807) is 0 Å². The average molecular weight is 519 g/mol. The number of carbonyl (C=O) groups excluding carboxylic acids is 1. The molecule has 1 unspecified atom stereocenters. The van der Waals surface area contributed by atoms with E-state index in [0.717, 1.165) is 30.8 Å². The van der Waals surface area contributed by atoms with Gasteiger partial charge in [0.25, 0.3) is 0 Å². The molecule has 0 amide bonds. The number of carbonyl (C=O) groups is 1. The van der Waals surface area contributed by atoms with E-state index in [1.807, 2.05) is 0 Å². The van der Waals surface area contributed by atoms with Gasteiger partial charge in [0.2, 0.25) is 0 Å². The zero-order valence-electron chi connectivity index (χ0n) is 24.1. The number of hydrogen-bond acceptors (Lipinski definition) is 3. The first-order valence-electron chi connectivity index (χ1n) is 15.1. The van der Waals surface area contributed by atoms with Crippen LogP contribution in [0.1, 0.15) is 113 Å². The van der Waals surface area contributed by atoms with Gasteiger partial charge < -0.3 is 9.47 Å². The highest BCUT2D eigenvalue weighted by molar-refractivity contribution is 6.26. The molecular weight excluding hydrogens is 468 g/mol. The Bertz CT molecular complexity index is 928. The first-order chi connectivity index (χ1) is 16.8. The van der Waals surface area contributed by atoms with Crippen LogP contribution in [0.25, 0.3) is 0 Å². The van der Waals surface area contributed by atoms with Crippen molar-refractivity contribution in [2.75, 3.05) is 12.5 Å². The molecule has 0 N–H and O–H groups in total. The fourth-order valence-corrected chi connectivity index (χ4v) is 12.4. The molecular formula is C32H51ClO3. The van der Waals surface area contributed by atoms with Crippen LogP contribution >= 0.6 is 11.6 Å². The highest BCUT2D eigenvalue weighted by atomic mass is 35.5. The smallest absolute Gasteiger partial charge is 0.321 e. The van der Waals surface area contributed by atoms with Crippen molar-refractivity contribution in [3.05, 3.63) is 0 Å². The number of hydrogen-bond donors (Lipinski definition) is 0. The van der Waals surface area contributed by atoms with E-state index >= 15 is 0 Å². The summed E-state index contributed by atoms with van der Waals surface area (Å²) in [4.78, 5) is 12.1. The van der Waals surface area contributed by atoms with Gasteiger partial charge in [0.1, 0.15) is 12.0 Å². The van der Waals surface area contributed by atoms with Crippen molar-refractivity contribution in [1.29, 1.82) is 0 Å². The molecule has 0 aromatic rings. The third kappa shape index (κ3) is 3.11. The van der Waals surface area contributed by atoms with Gasteiger partial charge >= 0.3 is 5.97 Å². The maximum atomic E-state index is 12.1. The summed E-state index contributed by atoms with van der Waals surface area (Å²) < 4.78 is 12.7. The van der Waals surface area contributed by atoms with Crippen LogP contribution in [0.15, 0.2) is 0 Å². The van der Waals surface area contributed by atoms with Gasteiger partial charge in [-0.3, -0.25) is 4.79 Å². The molecule has 5 saturated carbocycles. The minimum atomic E-state index is -0.254. The van der Waals surface area contributed by atoms with Crippen LogP contribution in [0.2, 0.25) is 0 Å². The number of ether oxygens (including phenoxy) is 2. The molecule has 1 aliphatic heterocycles. The Balaban J connectivity index is 1.33. The fraction of sp³-hybridized carbons (Fsp3) is 0.969. The van der Waals surface area contributed by atoms with E-state index in [2.05, 4.69) is 48.5 Å². The zero-order chi connectivity index (χ0) is 25.9. The van der Waals surface area contributed by atoms with Crippen LogP contribution in [0.4, 0.5) is 0 Å². The zero-order valence-corrected chi connectivity index (χ0v) is 24.8. The monoisotopic (exact) mass is 518 g/mol. The Kier molecular flexibility index (Phi) is 5.69. The third-order valence-corrected chi connectivity index (χ3v) is 14.7. The molecule has 5 aliphatic carbocycles. The van der Waals surface area contributed by atoms with Crippen LogP contribution in [0.5, 0.6) is 0 Å². The SMILES string of the molecule is CC1(C)CC[C@]23CC[C@]4(C)[C@H](CC[C@@H]5[C@@]6(C)CC[C@H](OC(=O)CCl)C(C)(C)[C@@H]6CC[C@]54C)[C@H]2C1OC3. The summed E-state index contributed by atoms with van der Waals surface area (Å²) in [6.07, 6.45) is 13.4. The normalized spacial score (nSPS) is 54.4. The van der Waals surface area contributed by atoms with Crippen LogP contribution in [0.3, 0.4) is 0 Å². The summed E-state index contributed by atoms with van der Waals surface area (Å²) in [6.45, 7) is 18.8. The van der Waals surface area contributed by atoms with Crippen molar-refractivity contribution in [2.45, 2.75) is 125 Å². The van der Waals surface area contributed by atoms with Gasteiger partial charge in [-0.15, -0.1) is 11.6 Å². The molecule has 3 nitrogen and oxygen atoms in total. The van der Waals surface area contributed by atoms with E-state index in [1.165, 1.54) is 57.8 Å². The van der Waals surface area contributed by atoms with Crippen molar-refractivity contribution in [1.82, 2.24) is 0 Å². The lowest BCUT2D eigenvalue weighted by atomic mass is 9.31. The van der Waals surface area contributed by atoms with Gasteiger partial charge in [-0.05, 0) is 115 Å². The molecule has 6 fully saturated rings. The quantitative estimate of drug-likeness (QED) is 0.274. The summed E-state index contributed by atoms with van der Waals surface area (Å²) in [6, 6.07) is 0. The topological polar surface area (TPSA) is 35.5 Å². The Morgan fingerprint density at radius 2 is 1.56 bits per heavy atom. The summed E-state index contributed by atoms with van der Waals surface area (Å²) in [5, 5.41) is 0. The van der Waals surface area contributed by atoms with Gasteiger partial charge in [-0.1, -0.05) is 48.5 Å².